The van der Waals surface area contributed by atoms with Crippen LogP contribution in [0.1, 0.15) is 16.7 Å². The van der Waals surface area contributed by atoms with E-state index in [1.54, 1.807) is 0 Å². The Bertz CT molecular complexity index is 810. The molecular weight excluding hydrogens is 461 g/mol. The van der Waals surface area contributed by atoms with Crippen LogP contribution in [0.25, 0.3) is 0 Å². The van der Waals surface area contributed by atoms with Crippen LogP contribution in [0.4, 0.5) is 0 Å². The van der Waals surface area contributed by atoms with Crippen molar-refractivity contribution in [3.8, 4) is 0 Å². The molecule has 204 valence electrons. The Morgan fingerprint density at radius 1 is 0.405 bits per heavy atom. The van der Waals surface area contributed by atoms with Gasteiger partial charge in [0, 0.05) is 16.7 Å². The van der Waals surface area contributed by atoms with Crippen LogP contribution in [0.15, 0.2) is 91.0 Å². The van der Waals surface area contributed by atoms with E-state index in [1.807, 2.05) is 0 Å². The molecular formula is C30H48BN3O3. The Hall–Kier alpha value is -2.52. The third-order valence-electron chi connectivity index (χ3n) is 4.50. The van der Waals surface area contributed by atoms with Gasteiger partial charge in [-0.25, -0.2) is 0 Å². The van der Waals surface area contributed by atoms with Gasteiger partial charge in [0.15, 0.2) is 0 Å². The molecule has 0 saturated heterocycles. The van der Waals surface area contributed by atoms with Crippen molar-refractivity contribution >= 4 is 7.32 Å². The summed E-state index contributed by atoms with van der Waals surface area (Å²) in [5, 5.41) is 25.2. The molecule has 0 N–H and O–H groups in total. The predicted molar refractivity (Wildman–Crippen MR) is 150 cm³/mol. The van der Waals surface area contributed by atoms with Gasteiger partial charge >= 0.3 is 0 Å². The van der Waals surface area contributed by atoms with Crippen LogP contribution in [0.2, 0.25) is 0 Å². The van der Waals surface area contributed by atoms with Crippen LogP contribution in [0.5, 0.6) is 0 Å². The number of nitrogens with zero attached hydrogens (tertiary/aromatic N) is 3. The maximum absolute atomic E-state index is 8.42. The molecule has 0 fully saturated rings. The Morgan fingerprint density at radius 3 is 0.703 bits per heavy atom. The third kappa shape index (κ3) is 24.9. The van der Waals surface area contributed by atoms with Gasteiger partial charge in [-0.05, 0) is 0 Å². The van der Waals surface area contributed by atoms with Crippen molar-refractivity contribution in [1.82, 2.24) is 0 Å². The second-order valence-corrected chi connectivity index (χ2v) is 12.1. The first kappa shape index (κ1) is 34.5. The third-order valence-corrected chi connectivity index (χ3v) is 4.50. The first-order valence-corrected chi connectivity index (χ1v) is 12.5. The molecule has 6 nitrogen and oxygen atoms in total. The zero-order valence-electron chi connectivity index (χ0n) is 24.4. The zero-order chi connectivity index (χ0) is 28.5. The minimum absolute atomic E-state index is 0.990. The first-order chi connectivity index (χ1) is 17.0. The van der Waals surface area contributed by atoms with E-state index in [0.717, 1.165) is 33.1 Å². The molecule has 37 heavy (non-hydrogen) atoms. The van der Waals surface area contributed by atoms with Gasteiger partial charge in [-0.15, -0.1) is 0 Å². The standard InChI is InChI=1S/3C10H16N.BO3/c3*1-11(2,3)9-10-7-5-4-6-8-10;2-1(3)4/h3*4-8H,9H2,1-3H3;/q3*+1;-3. The van der Waals surface area contributed by atoms with Crippen LogP contribution in [-0.4, -0.2) is 84.2 Å². The van der Waals surface area contributed by atoms with E-state index in [4.69, 9.17) is 15.1 Å². The van der Waals surface area contributed by atoms with E-state index in [2.05, 4.69) is 154 Å². The SMILES string of the molecule is C[N+](C)(C)Cc1ccccc1.C[N+](C)(C)Cc1ccccc1.C[N+](C)(C)Cc1ccccc1.[O-]B([O-])[O-]. The summed E-state index contributed by atoms with van der Waals surface area (Å²) in [6, 6.07) is 31.7. The van der Waals surface area contributed by atoms with Gasteiger partial charge in [-0.3, -0.25) is 7.32 Å². The Morgan fingerprint density at radius 2 is 0.568 bits per heavy atom. The highest BCUT2D eigenvalue weighted by Crippen LogP contribution is 2.06. The molecule has 0 aliphatic heterocycles. The molecule has 0 amide bonds. The average Bonchev–Trinajstić information content (AvgIpc) is 2.73. The lowest BCUT2D eigenvalue weighted by atomic mass is 10.2. The molecule has 0 unspecified atom stereocenters. The summed E-state index contributed by atoms with van der Waals surface area (Å²) in [6.45, 7) is 3.29. The molecule has 0 saturated carbocycles. The molecule has 0 bridgehead atoms. The summed E-state index contributed by atoms with van der Waals surface area (Å²) in [5.74, 6) is 0. The zero-order valence-corrected chi connectivity index (χ0v) is 24.4. The lowest BCUT2D eigenvalue weighted by Crippen LogP contribution is -2.56. The van der Waals surface area contributed by atoms with Gasteiger partial charge in [0.2, 0.25) is 0 Å². The van der Waals surface area contributed by atoms with Crippen LogP contribution in [-0.2, 0) is 19.6 Å². The largest absolute Gasteiger partial charge is 0.907 e. The van der Waals surface area contributed by atoms with Crippen molar-refractivity contribution in [2.45, 2.75) is 19.6 Å². The summed E-state index contributed by atoms with van der Waals surface area (Å²) < 4.78 is 2.97. The first-order valence-electron chi connectivity index (χ1n) is 12.5. The molecule has 7 heteroatoms. The minimum atomic E-state index is -2.92. The minimum Gasteiger partial charge on any atom is -0.907 e. The highest BCUT2D eigenvalue weighted by molar-refractivity contribution is 6.24. The van der Waals surface area contributed by atoms with Gasteiger partial charge in [0.1, 0.15) is 19.6 Å². The van der Waals surface area contributed by atoms with Gasteiger partial charge < -0.3 is 28.5 Å². The Balaban J connectivity index is 0.000000490. The monoisotopic (exact) mass is 509 g/mol. The highest BCUT2D eigenvalue weighted by atomic mass is 16.5. The maximum atomic E-state index is 8.42. The van der Waals surface area contributed by atoms with Crippen LogP contribution < -0.4 is 15.1 Å². The molecule has 0 aliphatic carbocycles. The topological polar surface area (TPSA) is 69.2 Å². The second kappa shape index (κ2) is 17.1. The van der Waals surface area contributed by atoms with Gasteiger partial charge in [-0.2, -0.15) is 0 Å². The number of benzene rings is 3. The normalized spacial score (nSPS) is 11.0. The van der Waals surface area contributed by atoms with E-state index in [9.17, 15) is 0 Å². The summed E-state index contributed by atoms with van der Waals surface area (Å²) >= 11 is 0. The fourth-order valence-electron chi connectivity index (χ4n) is 3.39. The quantitative estimate of drug-likeness (QED) is 0.376. The van der Waals surface area contributed by atoms with E-state index in [-0.39, 0.29) is 0 Å². The Labute approximate surface area is 226 Å². The smallest absolute Gasteiger partial charge is 0.104 e. The van der Waals surface area contributed by atoms with E-state index < -0.39 is 7.32 Å². The van der Waals surface area contributed by atoms with Crippen molar-refractivity contribution in [2.75, 3.05) is 63.4 Å². The van der Waals surface area contributed by atoms with Crippen molar-refractivity contribution in [3.05, 3.63) is 108 Å². The molecule has 3 aromatic carbocycles. The van der Waals surface area contributed by atoms with E-state index >= 15 is 0 Å². The number of hydrogen-bond acceptors (Lipinski definition) is 3. The van der Waals surface area contributed by atoms with Crippen LogP contribution >= 0.6 is 0 Å². The molecule has 0 radical (unpaired) electrons. The Kier molecular flexibility index (Phi) is 15.9. The molecule has 0 heterocycles. The van der Waals surface area contributed by atoms with Crippen molar-refractivity contribution in [1.29, 1.82) is 0 Å². The predicted octanol–water partition coefficient (Wildman–Crippen LogP) is 1.73. The molecule has 3 aromatic rings. The van der Waals surface area contributed by atoms with Gasteiger partial charge in [0.25, 0.3) is 0 Å². The lowest BCUT2D eigenvalue weighted by Gasteiger charge is -2.35. The summed E-state index contributed by atoms with van der Waals surface area (Å²) in [6.07, 6.45) is 0. The van der Waals surface area contributed by atoms with E-state index in [0.29, 0.717) is 0 Å². The van der Waals surface area contributed by atoms with Crippen molar-refractivity contribution in [2.24, 2.45) is 0 Å². The summed E-state index contributed by atoms with van der Waals surface area (Å²) in [7, 11) is 16.9. The molecule has 3 rings (SSSR count). The molecule has 0 aliphatic rings. The summed E-state index contributed by atoms with van der Waals surface area (Å²) in [4.78, 5) is 0. The maximum Gasteiger partial charge on any atom is 0.104 e. The molecule has 0 spiro atoms. The lowest BCUT2D eigenvalue weighted by molar-refractivity contribution is -0.884. The number of quaternary nitrogens is 3. The fourth-order valence-corrected chi connectivity index (χ4v) is 3.39. The van der Waals surface area contributed by atoms with Crippen LogP contribution in [0.3, 0.4) is 0 Å². The fraction of sp³-hybridized carbons (Fsp3) is 0.400. The van der Waals surface area contributed by atoms with Gasteiger partial charge in [0.05, 0.1) is 63.4 Å². The average molecular weight is 510 g/mol. The van der Waals surface area contributed by atoms with Crippen LogP contribution in [0, 0.1) is 0 Å². The number of hydrogen-bond donors (Lipinski definition) is 0. The van der Waals surface area contributed by atoms with Crippen molar-refractivity contribution < 1.29 is 28.5 Å². The molecule has 0 atom stereocenters. The second-order valence-electron chi connectivity index (χ2n) is 12.1. The molecule has 0 aromatic heterocycles. The van der Waals surface area contributed by atoms with E-state index in [1.165, 1.54) is 16.7 Å². The van der Waals surface area contributed by atoms with Crippen molar-refractivity contribution in [3.63, 3.8) is 0 Å². The number of rotatable bonds is 6. The highest BCUT2D eigenvalue weighted by Gasteiger charge is 2.08. The van der Waals surface area contributed by atoms with Gasteiger partial charge in [-0.1, -0.05) is 91.0 Å². The summed E-state index contributed by atoms with van der Waals surface area (Å²) in [5.41, 5.74) is 4.21.